The average Bonchev–Trinajstić information content (AvgIpc) is 3.09. The van der Waals surface area contributed by atoms with Gasteiger partial charge in [0.1, 0.15) is 5.82 Å². The van der Waals surface area contributed by atoms with E-state index in [2.05, 4.69) is 58.4 Å². The van der Waals surface area contributed by atoms with E-state index < -0.39 is 6.10 Å². The Labute approximate surface area is 176 Å². The second kappa shape index (κ2) is 9.09. The number of aromatic nitrogens is 2. The van der Waals surface area contributed by atoms with Gasteiger partial charge in [-0.15, -0.1) is 0 Å². The lowest BCUT2D eigenvalue weighted by Gasteiger charge is -2.11. The van der Waals surface area contributed by atoms with Gasteiger partial charge in [-0.05, 0) is 47.9 Å². The molecule has 3 aromatic carbocycles. The summed E-state index contributed by atoms with van der Waals surface area (Å²) in [6.45, 7) is 2.96. The predicted octanol–water partition coefficient (Wildman–Crippen LogP) is 4.06. The molecular weight excluding hydrogens is 374 g/mol. The van der Waals surface area contributed by atoms with Gasteiger partial charge in [-0.2, -0.15) is 0 Å². The number of benzene rings is 3. The maximum absolute atomic E-state index is 12.0. The van der Waals surface area contributed by atoms with Gasteiger partial charge in [-0.25, -0.2) is 4.98 Å². The minimum absolute atomic E-state index is 0.0342. The summed E-state index contributed by atoms with van der Waals surface area (Å²) in [5.41, 5.74) is 3.29. The second-order valence-electron chi connectivity index (χ2n) is 7.77. The highest BCUT2D eigenvalue weighted by molar-refractivity contribution is 5.83. The minimum Gasteiger partial charge on any atom is -0.393 e. The number of carbonyl (C=O) groups excluding carboxylic acids is 1. The van der Waals surface area contributed by atoms with Gasteiger partial charge in [-0.3, -0.25) is 4.79 Å². The quantitative estimate of drug-likeness (QED) is 0.468. The number of para-hydroxylation sites is 2. The van der Waals surface area contributed by atoms with Crippen LogP contribution >= 0.6 is 0 Å². The smallest absolute Gasteiger partial charge is 0.220 e. The number of aliphatic hydroxyl groups excluding tert-OH is 1. The Morgan fingerprint density at radius 1 is 1.07 bits per heavy atom. The van der Waals surface area contributed by atoms with Gasteiger partial charge in [0.15, 0.2) is 0 Å². The topological polar surface area (TPSA) is 67.2 Å². The molecule has 0 saturated carbocycles. The van der Waals surface area contributed by atoms with Crippen molar-refractivity contribution in [2.45, 2.75) is 38.8 Å². The van der Waals surface area contributed by atoms with Crippen molar-refractivity contribution in [2.24, 2.45) is 0 Å². The summed E-state index contributed by atoms with van der Waals surface area (Å²) in [5, 5.41) is 14.7. The first-order chi connectivity index (χ1) is 14.6. The molecule has 1 amide bonds. The minimum atomic E-state index is -0.457. The average molecular weight is 402 g/mol. The van der Waals surface area contributed by atoms with Crippen molar-refractivity contribution < 1.29 is 9.90 Å². The number of imidazole rings is 1. The molecule has 4 rings (SSSR count). The largest absolute Gasteiger partial charge is 0.393 e. The number of aliphatic hydroxyl groups is 1. The third kappa shape index (κ3) is 4.69. The van der Waals surface area contributed by atoms with E-state index in [-0.39, 0.29) is 5.91 Å². The molecule has 0 aliphatic heterocycles. The van der Waals surface area contributed by atoms with Crippen molar-refractivity contribution in [3.63, 3.8) is 0 Å². The summed E-state index contributed by atoms with van der Waals surface area (Å²) < 4.78 is 2.24. The Balaban J connectivity index is 1.53. The maximum atomic E-state index is 12.0. The van der Waals surface area contributed by atoms with Crippen molar-refractivity contribution in [1.29, 1.82) is 0 Å². The summed E-state index contributed by atoms with van der Waals surface area (Å²) in [7, 11) is 0. The first-order valence-electron chi connectivity index (χ1n) is 10.5. The molecule has 30 heavy (non-hydrogen) atoms. The highest BCUT2D eigenvalue weighted by Crippen LogP contribution is 2.21. The van der Waals surface area contributed by atoms with Gasteiger partial charge in [0.05, 0.1) is 17.1 Å². The molecule has 0 radical (unpaired) electrons. The van der Waals surface area contributed by atoms with E-state index in [1.54, 1.807) is 6.92 Å². The Morgan fingerprint density at radius 3 is 2.67 bits per heavy atom. The first kappa shape index (κ1) is 20.1. The van der Waals surface area contributed by atoms with Crippen molar-refractivity contribution in [2.75, 3.05) is 6.54 Å². The molecule has 5 nitrogen and oxygen atoms in total. The van der Waals surface area contributed by atoms with Crippen LogP contribution in [0.15, 0.2) is 66.7 Å². The standard InChI is InChI=1S/C25H27N3O2/c1-18(29)10-13-25(30)26-15-14-24-27-22-8-4-5-9-23(22)28(24)17-19-11-12-20-6-2-3-7-21(20)16-19/h2-9,11-12,16,18,29H,10,13-15,17H2,1H3,(H,26,30). The molecule has 1 heterocycles. The van der Waals surface area contributed by atoms with Crippen molar-refractivity contribution in [1.82, 2.24) is 14.9 Å². The van der Waals surface area contributed by atoms with Crippen LogP contribution < -0.4 is 5.32 Å². The number of nitrogens with one attached hydrogen (secondary N) is 1. The van der Waals surface area contributed by atoms with Gasteiger partial charge in [0.2, 0.25) is 5.91 Å². The lowest BCUT2D eigenvalue weighted by atomic mass is 10.1. The summed E-state index contributed by atoms with van der Waals surface area (Å²) >= 11 is 0. The van der Waals surface area contributed by atoms with Crippen LogP contribution in [0.2, 0.25) is 0 Å². The number of hydrogen-bond donors (Lipinski definition) is 2. The Morgan fingerprint density at radius 2 is 1.83 bits per heavy atom. The molecule has 0 aliphatic carbocycles. The highest BCUT2D eigenvalue weighted by atomic mass is 16.3. The van der Waals surface area contributed by atoms with Crippen LogP contribution in [-0.2, 0) is 17.8 Å². The molecule has 154 valence electrons. The number of fused-ring (bicyclic) bond motifs is 2. The molecule has 1 atom stereocenters. The summed E-state index contributed by atoms with van der Waals surface area (Å²) in [6.07, 6.45) is 1.02. The van der Waals surface area contributed by atoms with Crippen molar-refractivity contribution in [3.8, 4) is 0 Å². The van der Waals surface area contributed by atoms with E-state index in [0.29, 0.717) is 25.8 Å². The van der Waals surface area contributed by atoms with Crippen LogP contribution in [0.5, 0.6) is 0 Å². The molecule has 1 unspecified atom stereocenters. The lowest BCUT2D eigenvalue weighted by molar-refractivity contribution is -0.121. The molecule has 0 fully saturated rings. The zero-order chi connectivity index (χ0) is 20.9. The molecule has 0 saturated heterocycles. The fourth-order valence-corrected chi connectivity index (χ4v) is 3.75. The van der Waals surface area contributed by atoms with Crippen LogP contribution in [-0.4, -0.2) is 33.2 Å². The van der Waals surface area contributed by atoms with Gasteiger partial charge >= 0.3 is 0 Å². The number of amides is 1. The second-order valence-corrected chi connectivity index (χ2v) is 7.77. The molecule has 4 aromatic rings. The number of nitrogens with zero attached hydrogens (tertiary/aromatic N) is 2. The Bertz CT molecular complexity index is 1160. The third-order valence-corrected chi connectivity index (χ3v) is 5.35. The van der Waals surface area contributed by atoms with E-state index in [1.165, 1.54) is 16.3 Å². The predicted molar refractivity (Wildman–Crippen MR) is 120 cm³/mol. The molecule has 2 N–H and O–H groups in total. The molecule has 1 aromatic heterocycles. The number of carbonyl (C=O) groups is 1. The van der Waals surface area contributed by atoms with Crippen LogP contribution in [0.4, 0.5) is 0 Å². The van der Waals surface area contributed by atoms with Gasteiger partial charge in [0, 0.05) is 25.9 Å². The highest BCUT2D eigenvalue weighted by Gasteiger charge is 2.12. The molecule has 0 aliphatic rings. The molecule has 0 spiro atoms. The summed E-state index contributed by atoms with van der Waals surface area (Å²) in [4.78, 5) is 16.8. The van der Waals surface area contributed by atoms with Gasteiger partial charge in [0.25, 0.3) is 0 Å². The monoisotopic (exact) mass is 401 g/mol. The maximum Gasteiger partial charge on any atom is 0.220 e. The van der Waals surface area contributed by atoms with Crippen LogP contribution in [0.1, 0.15) is 31.2 Å². The Hall–Kier alpha value is -3.18. The Kier molecular flexibility index (Phi) is 6.10. The zero-order valence-corrected chi connectivity index (χ0v) is 17.2. The van der Waals surface area contributed by atoms with Gasteiger partial charge in [-0.1, -0.05) is 48.5 Å². The van der Waals surface area contributed by atoms with E-state index in [9.17, 15) is 9.90 Å². The molecular formula is C25H27N3O2. The van der Waals surface area contributed by atoms with Crippen LogP contribution in [0.25, 0.3) is 21.8 Å². The lowest BCUT2D eigenvalue weighted by Crippen LogP contribution is -2.27. The summed E-state index contributed by atoms with van der Waals surface area (Å²) in [5.74, 6) is 0.924. The van der Waals surface area contributed by atoms with Gasteiger partial charge < -0.3 is 15.0 Å². The van der Waals surface area contributed by atoms with Crippen LogP contribution in [0.3, 0.4) is 0 Å². The summed E-state index contributed by atoms with van der Waals surface area (Å²) in [6, 6.07) is 23.1. The van der Waals surface area contributed by atoms with Crippen molar-refractivity contribution >= 4 is 27.7 Å². The molecule has 5 heteroatoms. The van der Waals surface area contributed by atoms with E-state index in [0.717, 1.165) is 23.4 Å². The SMILES string of the molecule is CC(O)CCC(=O)NCCc1nc2ccccc2n1Cc1ccc2ccccc2c1. The molecule has 0 bridgehead atoms. The van der Waals surface area contributed by atoms with E-state index in [1.807, 2.05) is 18.2 Å². The fourth-order valence-electron chi connectivity index (χ4n) is 3.75. The van der Waals surface area contributed by atoms with E-state index in [4.69, 9.17) is 4.98 Å². The number of hydrogen-bond acceptors (Lipinski definition) is 3. The third-order valence-electron chi connectivity index (χ3n) is 5.35. The van der Waals surface area contributed by atoms with E-state index >= 15 is 0 Å². The zero-order valence-electron chi connectivity index (χ0n) is 17.2. The number of rotatable bonds is 8. The first-order valence-corrected chi connectivity index (χ1v) is 10.5. The normalized spacial score (nSPS) is 12.3. The fraction of sp³-hybridized carbons (Fsp3) is 0.280. The van der Waals surface area contributed by atoms with Crippen molar-refractivity contribution in [3.05, 3.63) is 78.1 Å². The van der Waals surface area contributed by atoms with Crippen LogP contribution in [0, 0.1) is 0 Å².